The number of anilines is 3. The van der Waals surface area contributed by atoms with Crippen molar-refractivity contribution in [3.8, 4) is 55.6 Å². The van der Waals surface area contributed by atoms with Gasteiger partial charge in [-0.05, 0) is 132 Å². The molecule has 0 saturated carbocycles. The van der Waals surface area contributed by atoms with Crippen LogP contribution in [0.3, 0.4) is 0 Å². The van der Waals surface area contributed by atoms with Crippen LogP contribution in [0.15, 0.2) is 221 Å². The van der Waals surface area contributed by atoms with Crippen LogP contribution in [0.5, 0.6) is 0 Å². The summed E-state index contributed by atoms with van der Waals surface area (Å²) in [6.45, 7) is 14.6. The number of rotatable bonds is 5. The van der Waals surface area contributed by atoms with Crippen molar-refractivity contribution < 1.29 is 8.83 Å². The molecule has 16 rings (SSSR count). The molecule has 0 fully saturated rings. The van der Waals surface area contributed by atoms with Gasteiger partial charge in [0.25, 0.3) is 0 Å². The van der Waals surface area contributed by atoms with Crippen LogP contribution in [-0.2, 0) is 16.2 Å². The van der Waals surface area contributed by atoms with Gasteiger partial charge in [0.2, 0.25) is 0 Å². The Morgan fingerprint density at radius 3 is 1.57 bits per heavy atom. The molecule has 3 heteroatoms. The van der Waals surface area contributed by atoms with Crippen molar-refractivity contribution in [2.24, 2.45) is 0 Å². The molecular formula is C73H53NO2. The van der Waals surface area contributed by atoms with E-state index in [-0.39, 0.29) is 16.2 Å². The number of hydrogen-bond donors (Lipinski definition) is 0. The molecule has 0 unspecified atom stereocenters. The smallest absolute Gasteiger partial charge is 0.144 e. The van der Waals surface area contributed by atoms with Gasteiger partial charge in [-0.3, -0.25) is 0 Å². The molecular weight excluding hydrogens is 923 g/mol. The average Bonchev–Trinajstić information content (AvgIpc) is 4.11. The Morgan fingerprint density at radius 2 is 0.842 bits per heavy atom. The topological polar surface area (TPSA) is 29.5 Å². The fraction of sp³-hybridized carbons (Fsp3) is 0.123. The van der Waals surface area contributed by atoms with Crippen LogP contribution in [-0.4, -0.2) is 0 Å². The van der Waals surface area contributed by atoms with Gasteiger partial charge in [-0.2, -0.15) is 0 Å². The molecule has 2 aromatic heterocycles. The molecule has 3 aliphatic rings. The Hall–Kier alpha value is -8.92. The predicted octanol–water partition coefficient (Wildman–Crippen LogP) is 20.4. The minimum absolute atomic E-state index is 0.226. The zero-order valence-corrected chi connectivity index (χ0v) is 43.5. The van der Waals surface area contributed by atoms with Gasteiger partial charge < -0.3 is 13.7 Å². The van der Waals surface area contributed by atoms with Gasteiger partial charge in [0, 0.05) is 65.7 Å². The van der Waals surface area contributed by atoms with Gasteiger partial charge in [-0.1, -0.05) is 205 Å². The Labute approximate surface area is 442 Å². The van der Waals surface area contributed by atoms with Gasteiger partial charge in [0.05, 0.1) is 5.69 Å². The summed E-state index contributed by atoms with van der Waals surface area (Å²) in [7, 11) is 0. The lowest BCUT2D eigenvalue weighted by molar-refractivity contribution is 0.600. The summed E-state index contributed by atoms with van der Waals surface area (Å²) < 4.78 is 14.0. The van der Waals surface area contributed by atoms with E-state index in [1.54, 1.807) is 0 Å². The Kier molecular flexibility index (Phi) is 8.65. The van der Waals surface area contributed by atoms with Crippen molar-refractivity contribution in [1.82, 2.24) is 0 Å². The van der Waals surface area contributed by atoms with Crippen molar-refractivity contribution in [3.63, 3.8) is 0 Å². The number of hydrogen-bond acceptors (Lipinski definition) is 3. The molecule has 362 valence electrons. The maximum Gasteiger partial charge on any atom is 0.144 e. The van der Waals surface area contributed by atoms with Gasteiger partial charge in [-0.15, -0.1) is 0 Å². The fourth-order valence-electron chi connectivity index (χ4n) is 14.4. The van der Waals surface area contributed by atoms with E-state index in [0.29, 0.717) is 0 Å². The van der Waals surface area contributed by atoms with Crippen LogP contribution < -0.4 is 4.90 Å². The average molecular weight is 976 g/mol. The summed E-state index contributed by atoms with van der Waals surface area (Å²) in [4.78, 5) is 2.52. The first kappa shape index (κ1) is 43.5. The van der Waals surface area contributed by atoms with Crippen molar-refractivity contribution in [2.75, 3.05) is 4.90 Å². The molecule has 3 aliphatic carbocycles. The van der Waals surface area contributed by atoms with E-state index >= 15 is 0 Å². The minimum atomic E-state index is -0.360. The first-order valence-electron chi connectivity index (χ1n) is 26.8. The van der Waals surface area contributed by atoms with E-state index in [0.717, 1.165) is 55.9 Å². The van der Waals surface area contributed by atoms with Crippen LogP contribution in [0.25, 0.3) is 110 Å². The molecule has 0 amide bonds. The molecule has 2 heterocycles. The maximum atomic E-state index is 7.09. The van der Waals surface area contributed by atoms with E-state index in [9.17, 15) is 0 Å². The minimum Gasteiger partial charge on any atom is -0.455 e. The zero-order chi connectivity index (χ0) is 51.0. The van der Waals surface area contributed by atoms with Crippen LogP contribution in [0, 0.1) is 0 Å². The lowest BCUT2D eigenvalue weighted by Crippen LogP contribution is -2.24. The molecule has 0 N–H and O–H groups in total. The van der Waals surface area contributed by atoms with Crippen LogP contribution in [0.4, 0.5) is 17.1 Å². The van der Waals surface area contributed by atoms with Gasteiger partial charge in [0.15, 0.2) is 0 Å². The second-order valence-electron chi connectivity index (χ2n) is 23.1. The SMILES string of the molecule is CC1(C)c2cc(N(c3ccc4c(c3)C(C)(C)c3c5c(c6c(oc7ccccc76)c3-4)-c3ccccc3C5(C)C)c3cccc4ccccc34)ccc2-c2c1cc(-c1ccc(-c3ccccc3)cc1)c1oc3ccccc3c21. The highest BCUT2D eigenvalue weighted by atomic mass is 16.3. The number of para-hydroxylation sites is 2. The highest BCUT2D eigenvalue weighted by Crippen LogP contribution is 2.64. The normalized spacial score (nSPS) is 15.0. The summed E-state index contributed by atoms with van der Waals surface area (Å²) in [5, 5.41) is 7.12. The third-order valence-electron chi connectivity index (χ3n) is 18.0. The Bertz CT molecular complexity index is 4650. The summed E-state index contributed by atoms with van der Waals surface area (Å²) in [6.07, 6.45) is 0. The second kappa shape index (κ2) is 15.1. The van der Waals surface area contributed by atoms with E-state index in [4.69, 9.17) is 8.83 Å². The number of fused-ring (bicyclic) bond motifs is 20. The third-order valence-corrected chi connectivity index (χ3v) is 18.0. The van der Waals surface area contributed by atoms with E-state index < -0.39 is 0 Å². The fourth-order valence-corrected chi connectivity index (χ4v) is 14.4. The highest BCUT2D eigenvalue weighted by molar-refractivity contribution is 6.22. The Balaban J connectivity index is 0.903. The standard InChI is InChI=1S/C73H53NO2/c1-71(2)56-39-46(35-37-50(56)62-58(71)41-54(69-64(62)52-25-13-16-29-60(52)75-69)45-33-31-43(32-34-45)42-19-8-7-9-20-42)74(59-28-18-22-44-21-10-11-23-48(44)59)47-36-38-51-57(40-47)73(5,6)68-66(51)70-65(53-26-14-17-30-61(53)76-70)63-49-24-12-15-27-55(49)72(3,4)67(63)68/h7-41H,1-6H3. The second-order valence-corrected chi connectivity index (χ2v) is 23.1. The molecule has 76 heavy (non-hydrogen) atoms. The molecule has 13 aromatic rings. The molecule has 0 spiro atoms. The summed E-state index contributed by atoms with van der Waals surface area (Å²) >= 11 is 0. The highest BCUT2D eigenvalue weighted by Gasteiger charge is 2.49. The van der Waals surface area contributed by atoms with Crippen LogP contribution in [0.1, 0.15) is 74.9 Å². The molecule has 0 atom stereocenters. The summed E-state index contributed by atoms with van der Waals surface area (Å²) in [5.41, 5.74) is 26.6. The zero-order valence-electron chi connectivity index (χ0n) is 43.5. The third kappa shape index (κ3) is 5.67. The monoisotopic (exact) mass is 975 g/mol. The van der Waals surface area contributed by atoms with Gasteiger partial charge >= 0.3 is 0 Å². The largest absolute Gasteiger partial charge is 0.455 e. The lowest BCUT2D eigenvalue weighted by atomic mass is 9.72. The molecule has 0 saturated heterocycles. The van der Waals surface area contributed by atoms with Crippen molar-refractivity contribution in [1.29, 1.82) is 0 Å². The van der Waals surface area contributed by atoms with Gasteiger partial charge in [-0.25, -0.2) is 0 Å². The summed E-state index contributed by atoms with van der Waals surface area (Å²) in [6, 6.07) is 78.3. The molecule has 0 radical (unpaired) electrons. The van der Waals surface area contributed by atoms with Crippen molar-refractivity contribution in [3.05, 3.63) is 246 Å². The van der Waals surface area contributed by atoms with E-state index in [1.165, 1.54) is 105 Å². The van der Waals surface area contributed by atoms with Crippen molar-refractivity contribution >= 4 is 71.7 Å². The maximum absolute atomic E-state index is 7.09. The van der Waals surface area contributed by atoms with Gasteiger partial charge in [0.1, 0.15) is 22.3 Å². The van der Waals surface area contributed by atoms with E-state index in [2.05, 4.69) is 259 Å². The first-order valence-corrected chi connectivity index (χ1v) is 26.8. The first-order chi connectivity index (χ1) is 37.0. The van der Waals surface area contributed by atoms with Crippen LogP contribution in [0.2, 0.25) is 0 Å². The molecule has 0 bridgehead atoms. The quantitative estimate of drug-likeness (QED) is 0.172. The number of furan rings is 2. The molecule has 0 aliphatic heterocycles. The predicted molar refractivity (Wildman–Crippen MR) is 317 cm³/mol. The van der Waals surface area contributed by atoms with Crippen molar-refractivity contribution in [2.45, 2.75) is 57.8 Å². The van der Waals surface area contributed by atoms with E-state index in [1.807, 2.05) is 0 Å². The number of nitrogens with zero attached hydrogens (tertiary/aromatic N) is 1. The van der Waals surface area contributed by atoms with Crippen LogP contribution >= 0.6 is 0 Å². The summed E-state index contributed by atoms with van der Waals surface area (Å²) in [5.74, 6) is 0. The Morgan fingerprint density at radius 1 is 0.329 bits per heavy atom. The lowest BCUT2D eigenvalue weighted by Gasteiger charge is -2.32. The molecule has 3 nitrogen and oxygen atoms in total. The molecule has 11 aromatic carbocycles. The number of benzene rings is 11.